The van der Waals surface area contributed by atoms with Crippen molar-refractivity contribution in [2.24, 2.45) is 0 Å². The van der Waals surface area contributed by atoms with Gasteiger partial charge in [0.25, 0.3) is 5.70 Å². The van der Waals surface area contributed by atoms with E-state index in [0.29, 0.717) is 17.9 Å². The van der Waals surface area contributed by atoms with Gasteiger partial charge in [-0.25, -0.2) is 4.79 Å². The first-order valence-electron chi connectivity index (χ1n) is 7.09. The fourth-order valence-electron chi connectivity index (χ4n) is 2.52. The van der Waals surface area contributed by atoms with Crippen LogP contribution >= 0.6 is 0 Å². The number of aromatic nitrogens is 1. The average Bonchev–Trinajstić information content (AvgIpc) is 2.93. The van der Waals surface area contributed by atoms with Crippen LogP contribution in [0.2, 0.25) is 0 Å². The van der Waals surface area contributed by atoms with Crippen molar-refractivity contribution >= 4 is 23.3 Å². The number of allylic oxidation sites excluding steroid dienone is 2. The summed E-state index contributed by atoms with van der Waals surface area (Å²) >= 11 is 0. The number of pyridine rings is 1. The van der Waals surface area contributed by atoms with E-state index in [9.17, 15) is 9.90 Å². The van der Waals surface area contributed by atoms with Crippen LogP contribution in [0.5, 0.6) is 0 Å². The molecule has 110 valence electrons. The zero-order valence-electron chi connectivity index (χ0n) is 12.2. The molecule has 1 aromatic carbocycles. The third kappa shape index (κ3) is 2.39. The Morgan fingerprint density at radius 1 is 1.27 bits per heavy atom. The Bertz CT molecular complexity index is 776. The van der Waals surface area contributed by atoms with Crippen LogP contribution in [-0.4, -0.2) is 17.7 Å². The zero-order chi connectivity index (χ0) is 15.5. The number of hydrogen-bond acceptors (Lipinski definition) is 3. The van der Waals surface area contributed by atoms with E-state index in [-0.39, 0.29) is 5.97 Å². The minimum atomic E-state index is -0.345. The Morgan fingerprint density at radius 3 is 2.73 bits per heavy atom. The summed E-state index contributed by atoms with van der Waals surface area (Å²) in [4.78, 5) is 11.8. The summed E-state index contributed by atoms with van der Waals surface area (Å²) in [6.45, 7) is 2.12. The van der Waals surface area contributed by atoms with Crippen molar-refractivity contribution in [3.05, 3.63) is 71.7 Å². The normalized spacial score (nSPS) is 14.6. The van der Waals surface area contributed by atoms with Gasteiger partial charge in [0.05, 0.1) is 17.7 Å². The van der Waals surface area contributed by atoms with E-state index >= 15 is 0 Å². The number of esters is 1. The molecule has 1 aliphatic heterocycles. The maximum atomic E-state index is 11.8. The number of benzene rings is 1. The van der Waals surface area contributed by atoms with Gasteiger partial charge in [-0.05, 0) is 12.5 Å². The molecule has 1 N–H and O–H groups in total. The van der Waals surface area contributed by atoms with Crippen molar-refractivity contribution in [2.45, 2.75) is 6.92 Å². The summed E-state index contributed by atoms with van der Waals surface area (Å²) in [5.41, 5.74) is 3.91. The van der Waals surface area contributed by atoms with Crippen molar-refractivity contribution in [1.29, 1.82) is 0 Å². The summed E-state index contributed by atoms with van der Waals surface area (Å²) in [5, 5.41) is 9.59. The number of aliphatic hydroxyl groups is 1. The number of nitrogens with zero attached hydrogens (tertiary/aromatic N) is 1. The predicted molar refractivity (Wildman–Crippen MR) is 83.8 cm³/mol. The number of rotatable bonds is 3. The fourth-order valence-corrected chi connectivity index (χ4v) is 2.52. The van der Waals surface area contributed by atoms with Crippen LogP contribution in [0.1, 0.15) is 28.5 Å². The van der Waals surface area contributed by atoms with E-state index in [1.54, 1.807) is 25.3 Å². The molecule has 4 nitrogen and oxygen atoms in total. The molecule has 2 heterocycles. The van der Waals surface area contributed by atoms with E-state index < -0.39 is 0 Å². The quantitative estimate of drug-likeness (QED) is 0.538. The first-order valence-corrected chi connectivity index (χ1v) is 7.09. The van der Waals surface area contributed by atoms with Crippen LogP contribution in [0, 0.1) is 0 Å². The van der Waals surface area contributed by atoms with E-state index in [1.807, 2.05) is 41.0 Å². The molecular weight excluding hydrogens is 278 g/mol. The molecule has 2 aromatic rings. The van der Waals surface area contributed by atoms with Crippen molar-refractivity contribution < 1.29 is 19.2 Å². The highest BCUT2D eigenvalue weighted by Crippen LogP contribution is 2.30. The molecule has 0 fully saturated rings. The van der Waals surface area contributed by atoms with E-state index in [2.05, 4.69) is 0 Å². The zero-order valence-corrected chi connectivity index (χ0v) is 12.2. The lowest BCUT2D eigenvalue weighted by Crippen LogP contribution is -2.32. The van der Waals surface area contributed by atoms with E-state index in [4.69, 9.17) is 4.74 Å². The predicted octanol–water partition coefficient (Wildman–Crippen LogP) is 3.06. The van der Waals surface area contributed by atoms with Gasteiger partial charge in [0.2, 0.25) is 5.69 Å². The van der Waals surface area contributed by atoms with Crippen LogP contribution in [0.4, 0.5) is 0 Å². The third-order valence-corrected chi connectivity index (χ3v) is 3.53. The molecule has 1 aliphatic rings. The van der Waals surface area contributed by atoms with Crippen molar-refractivity contribution in [2.75, 3.05) is 6.61 Å². The summed E-state index contributed by atoms with van der Waals surface area (Å²) in [7, 11) is 0. The molecule has 0 unspecified atom stereocenters. The second kappa shape index (κ2) is 5.85. The number of fused-ring (bicyclic) bond motifs is 1. The molecule has 0 saturated heterocycles. The number of hydrogen-bond donors (Lipinski definition) is 1. The Balaban J connectivity index is 2.05. The Hall–Kier alpha value is -2.88. The van der Waals surface area contributed by atoms with Crippen molar-refractivity contribution in [1.82, 2.24) is 0 Å². The largest absolute Gasteiger partial charge is 0.509 e. The van der Waals surface area contributed by atoms with Crippen LogP contribution in [0.25, 0.3) is 17.3 Å². The van der Waals surface area contributed by atoms with Crippen molar-refractivity contribution in [3.63, 3.8) is 0 Å². The molecular formula is C18H16NO3+. The minimum absolute atomic E-state index is 0.343. The van der Waals surface area contributed by atoms with Crippen LogP contribution < -0.4 is 4.57 Å². The van der Waals surface area contributed by atoms with Gasteiger partial charge in [0.1, 0.15) is 0 Å². The standard InChI is InChI=1S/C18H15NO3/c1-2-22-18(21)14-8-9-19-15(10-14)11-16(17(19)12-20)13-6-4-3-5-7-13/h3-12H,2H2,1H3/p+1. The number of aliphatic hydroxyl groups excluding tert-OH is 1. The molecule has 0 amide bonds. The van der Waals surface area contributed by atoms with Gasteiger partial charge in [0, 0.05) is 18.2 Å². The molecule has 0 saturated carbocycles. The molecule has 22 heavy (non-hydrogen) atoms. The maximum Gasteiger partial charge on any atom is 0.338 e. The van der Waals surface area contributed by atoms with Crippen LogP contribution in [0.3, 0.4) is 0 Å². The van der Waals surface area contributed by atoms with Crippen LogP contribution in [-0.2, 0) is 4.74 Å². The molecule has 0 spiro atoms. The van der Waals surface area contributed by atoms with Gasteiger partial charge in [-0.2, -0.15) is 4.57 Å². The number of carbonyl (C=O) groups excluding carboxylic acids is 1. The maximum absolute atomic E-state index is 11.8. The lowest BCUT2D eigenvalue weighted by molar-refractivity contribution is -0.577. The van der Waals surface area contributed by atoms with Gasteiger partial charge in [-0.1, -0.05) is 30.3 Å². The van der Waals surface area contributed by atoms with Gasteiger partial charge in [-0.3, -0.25) is 0 Å². The van der Waals surface area contributed by atoms with Crippen molar-refractivity contribution in [3.8, 4) is 0 Å². The molecule has 4 heteroatoms. The van der Waals surface area contributed by atoms with Gasteiger partial charge in [0.15, 0.2) is 12.5 Å². The highest BCUT2D eigenvalue weighted by atomic mass is 16.5. The Labute approximate surface area is 128 Å². The number of carbonyl (C=O) groups is 1. The van der Waals surface area contributed by atoms with E-state index in [1.165, 1.54) is 0 Å². The monoisotopic (exact) mass is 294 g/mol. The highest BCUT2D eigenvalue weighted by Gasteiger charge is 2.29. The minimum Gasteiger partial charge on any atom is -0.509 e. The third-order valence-electron chi connectivity index (χ3n) is 3.53. The van der Waals surface area contributed by atoms with Crippen LogP contribution in [0.15, 0.2) is 54.9 Å². The van der Waals surface area contributed by atoms with E-state index in [0.717, 1.165) is 23.1 Å². The van der Waals surface area contributed by atoms with Gasteiger partial charge >= 0.3 is 5.97 Å². The lowest BCUT2D eigenvalue weighted by atomic mass is 10.0. The molecule has 0 aliphatic carbocycles. The number of ether oxygens (including phenoxy) is 1. The molecule has 3 rings (SSSR count). The first kappa shape index (κ1) is 14.1. The summed E-state index contributed by atoms with van der Waals surface area (Å²) < 4.78 is 6.86. The average molecular weight is 294 g/mol. The van der Waals surface area contributed by atoms with Gasteiger partial charge < -0.3 is 9.84 Å². The second-order valence-corrected chi connectivity index (χ2v) is 4.87. The molecule has 0 atom stereocenters. The molecule has 0 bridgehead atoms. The smallest absolute Gasteiger partial charge is 0.338 e. The fraction of sp³-hybridized carbons (Fsp3) is 0.111. The SMILES string of the molecule is CCOC(=O)c1cc[n+]2c(c1)C=C(c1ccccc1)/C2=C/O. The Morgan fingerprint density at radius 2 is 2.05 bits per heavy atom. The summed E-state index contributed by atoms with van der Waals surface area (Å²) in [5.74, 6) is -0.345. The lowest BCUT2D eigenvalue weighted by Gasteiger charge is -2.02. The molecule has 0 radical (unpaired) electrons. The topological polar surface area (TPSA) is 50.4 Å². The summed E-state index contributed by atoms with van der Waals surface area (Å²) in [6.07, 6.45) is 4.79. The first-order chi connectivity index (χ1) is 10.7. The summed E-state index contributed by atoms with van der Waals surface area (Å²) in [6, 6.07) is 13.2. The highest BCUT2D eigenvalue weighted by molar-refractivity contribution is 6.04. The molecule has 1 aromatic heterocycles. The van der Waals surface area contributed by atoms with Gasteiger partial charge in [-0.15, -0.1) is 0 Å². The second-order valence-electron chi connectivity index (χ2n) is 4.87. The Kier molecular flexibility index (Phi) is 3.74.